The largest absolute Gasteiger partial charge is 0.359 e. The molecule has 1 atom stereocenters. The number of fused-ring (bicyclic) bond motifs is 1. The van der Waals surface area contributed by atoms with Crippen LogP contribution in [-0.4, -0.2) is 0 Å². The van der Waals surface area contributed by atoms with Crippen molar-refractivity contribution >= 4 is 5.69 Å². The lowest BCUT2D eigenvalue weighted by atomic mass is 9.84. The number of benzene rings is 4. The highest BCUT2D eigenvalue weighted by Gasteiger charge is 2.41. The van der Waals surface area contributed by atoms with E-state index in [1.54, 1.807) is 0 Å². The van der Waals surface area contributed by atoms with Gasteiger partial charge in [0, 0.05) is 5.69 Å². The summed E-state index contributed by atoms with van der Waals surface area (Å²) in [6.07, 6.45) is 0. The summed E-state index contributed by atoms with van der Waals surface area (Å²) in [6, 6.07) is 40.6. The van der Waals surface area contributed by atoms with E-state index in [-0.39, 0.29) is 6.04 Å². The highest BCUT2D eigenvalue weighted by molar-refractivity contribution is 5.63. The Bertz CT molecular complexity index is 1020. The van der Waals surface area contributed by atoms with Crippen molar-refractivity contribution in [3.05, 3.63) is 138 Å². The molecule has 0 spiro atoms. The molecule has 4 aromatic carbocycles. The predicted octanol–water partition coefficient (Wildman–Crippen LogP) is 5.69. The zero-order valence-electron chi connectivity index (χ0n) is 15.5. The minimum absolute atomic E-state index is 0.0825. The van der Waals surface area contributed by atoms with Crippen LogP contribution < -0.4 is 10.6 Å². The molecule has 0 saturated heterocycles. The number of hydrogen-bond acceptors (Lipinski definition) is 2. The van der Waals surface area contributed by atoms with Crippen molar-refractivity contribution in [2.45, 2.75) is 11.7 Å². The molecular formula is C26H22N2. The van der Waals surface area contributed by atoms with Gasteiger partial charge in [-0.15, -0.1) is 0 Å². The first-order chi connectivity index (χ1) is 13.9. The van der Waals surface area contributed by atoms with Gasteiger partial charge in [0.25, 0.3) is 0 Å². The Hall–Kier alpha value is -3.36. The molecule has 0 fully saturated rings. The van der Waals surface area contributed by atoms with Crippen molar-refractivity contribution in [2.75, 3.05) is 5.32 Å². The summed E-state index contributed by atoms with van der Waals surface area (Å²) in [6.45, 7) is 0. The van der Waals surface area contributed by atoms with Gasteiger partial charge in [-0.25, -0.2) is 0 Å². The van der Waals surface area contributed by atoms with Crippen LogP contribution in [0.25, 0.3) is 0 Å². The SMILES string of the molecule is c1ccc([C@@H]2NC(c3ccccc3)(c3ccccc3)Nc3ccccc32)cc1. The summed E-state index contributed by atoms with van der Waals surface area (Å²) < 4.78 is 0. The van der Waals surface area contributed by atoms with Crippen molar-refractivity contribution in [1.82, 2.24) is 5.32 Å². The second-order valence-corrected chi connectivity index (χ2v) is 7.18. The number of hydrogen-bond donors (Lipinski definition) is 2. The topological polar surface area (TPSA) is 24.1 Å². The van der Waals surface area contributed by atoms with Gasteiger partial charge in [0.1, 0.15) is 5.66 Å². The molecule has 0 aliphatic carbocycles. The number of nitrogens with one attached hydrogen (secondary N) is 2. The smallest absolute Gasteiger partial charge is 0.142 e. The van der Waals surface area contributed by atoms with E-state index in [0.29, 0.717) is 0 Å². The first-order valence-electron chi connectivity index (χ1n) is 9.68. The van der Waals surface area contributed by atoms with Crippen LogP contribution in [-0.2, 0) is 5.66 Å². The molecule has 2 heteroatoms. The molecule has 0 unspecified atom stereocenters. The molecule has 136 valence electrons. The molecular weight excluding hydrogens is 340 g/mol. The number of para-hydroxylation sites is 1. The Morgan fingerprint density at radius 2 is 1.04 bits per heavy atom. The van der Waals surface area contributed by atoms with Gasteiger partial charge in [0.15, 0.2) is 0 Å². The maximum absolute atomic E-state index is 3.96. The quantitative estimate of drug-likeness (QED) is 0.489. The van der Waals surface area contributed by atoms with Crippen LogP contribution in [0.3, 0.4) is 0 Å². The predicted molar refractivity (Wildman–Crippen MR) is 115 cm³/mol. The molecule has 2 nitrogen and oxygen atoms in total. The van der Waals surface area contributed by atoms with Crippen LogP contribution in [0.2, 0.25) is 0 Å². The standard InChI is InChI=1S/C26H22N2/c1-4-12-20(13-5-1)25-23-18-10-11-19-24(23)27-26(28-25,21-14-6-2-7-15-21)22-16-8-3-9-17-22/h1-19,25,27-28H/t25-/m0/s1. The summed E-state index contributed by atoms with van der Waals surface area (Å²) in [5.41, 5.74) is 5.54. The van der Waals surface area contributed by atoms with Gasteiger partial charge in [-0.05, 0) is 28.3 Å². The van der Waals surface area contributed by atoms with Gasteiger partial charge < -0.3 is 5.32 Å². The van der Waals surface area contributed by atoms with Crippen LogP contribution in [0.15, 0.2) is 115 Å². The average molecular weight is 362 g/mol. The monoisotopic (exact) mass is 362 g/mol. The summed E-state index contributed by atoms with van der Waals surface area (Å²) in [7, 11) is 0. The van der Waals surface area contributed by atoms with Crippen LogP contribution in [0.1, 0.15) is 28.3 Å². The lowest BCUT2D eigenvalue weighted by molar-refractivity contribution is 0.396. The van der Waals surface area contributed by atoms with Gasteiger partial charge >= 0.3 is 0 Å². The fourth-order valence-corrected chi connectivity index (χ4v) is 4.16. The van der Waals surface area contributed by atoms with E-state index in [2.05, 4.69) is 126 Å². The Labute approximate surface area is 165 Å². The second-order valence-electron chi connectivity index (χ2n) is 7.18. The van der Waals surface area contributed by atoms with E-state index in [4.69, 9.17) is 0 Å². The number of anilines is 1. The fourth-order valence-electron chi connectivity index (χ4n) is 4.16. The minimum atomic E-state index is -0.516. The van der Waals surface area contributed by atoms with Gasteiger partial charge in [-0.3, -0.25) is 5.32 Å². The molecule has 1 heterocycles. The zero-order valence-corrected chi connectivity index (χ0v) is 15.5. The van der Waals surface area contributed by atoms with Crippen molar-refractivity contribution in [1.29, 1.82) is 0 Å². The van der Waals surface area contributed by atoms with Crippen LogP contribution >= 0.6 is 0 Å². The first kappa shape index (κ1) is 16.8. The van der Waals surface area contributed by atoms with Crippen molar-refractivity contribution in [3.63, 3.8) is 0 Å². The Morgan fingerprint density at radius 1 is 0.536 bits per heavy atom. The van der Waals surface area contributed by atoms with Gasteiger partial charge in [-0.1, -0.05) is 109 Å². The molecule has 0 bridgehead atoms. The van der Waals surface area contributed by atoms with E-state index in [9.17, 15) is 0 Å². The van der Waals surface area contributed by atoms with E-state index < -0.39 is 5.66 Å². The van der Waals surface area contributed by atoms with E-state index >= 15 is 0 Å². The summed E-state index contributed by atoms with van der Waals surface area (Å²) in [4.78, 5) is 0. The molecule has 2 N–H and O–H groups in total. The molecule has 1 aliphatic rings. The van der Waals surface area contributed by atoms with Crippen LogP contribution in [0.4, 0.5) is 5.69 Å². The van der Waals surface area contributed by atoms with Crippen LogP contribution in [0.5, 0.6) is 0 Å². The van der Waals surface area contributed by atoms with E-state index in [0.717, 1.165) is 5.69 Å². The normalized spacial score (nSPS) is 17.4. The van der Waals surface area contributed by atoms with Gasteiger partial charge in [0.05, 0.1) is 6.04 Å². The van der Waals surface area contributed by atoms with Gasteiger partial charge in [-0.2, -0.15) is 0 Å². The molecule has 0 radical (unpaired) electrons. The maximum Gasteiger partial charge on any atom is 0.142 e. The third-order valence-electron chi connectivity index (χ3n) is 5.50. The zero-order chi connectivity index (χ0) is 18.8. The lowest BCUT2D eigenvalue weighted by Crippen LogP contribution is -2.54. The average Bonchev–Trinajstić information content (AvgIpc) is 2.80. The van der Waals surface area contributed by atoms with E-state index in [1.165, 1.54) is 22.3 Å². The molecule has 0 saturated carbocycles. The first-order valence-corrected chi connectivity index (χ1v) is 9.68. The summed E-state index contributed by atoms with van der Waals surface area (Å²) >= 11 is 0. The summed E-state index contributed by atoms with van der Waals surface area (Å²) in [5, 5.41) is 7.79. The minimum Gasteiger partial charge on any atom is -0.359 e. The Kier molecular flexibility index (Phi) is 4.19. The van der Waals surface area contributed by atoms with Crippen molar-refractivity contribution < 1.29 is 0 Å². The van der Waals surface area contributed by atoms with Gasteiger partial charge in [0.2, 0.25) is 0 Å². The van der Waals surface area contributed by atoms with E-state index in [1.807, 2.05) is 0 Å². The van der Waals surface area contributed by atoms with Crippen molar-refractivity contribution in [2.24, 2.45) is 0 Å². The Morgan fingerprint density at radius 3 is 1.64 bits per heavy atom. The molecule has 5 rings (SSSR count). The number of rotatable bonds is 3. The second kappa shape index (κ2) is 6.99. The van der Waals surface area contributed by atoms with Crippen LogP contribution in [0, 0.1) is 0 Å². The molecule has 0 amide bonds. The maximum atomic E-state index is 3.96. The third kappa shape index (κ3) is 2.79. The third-order valence-corrected chi connectivity index (χ3v) is 5.50. The molecule has 0 aromatic heterocycles. The molecule has 28 heavy (non-hydrogen) atoms. The Balaban J connectivity index is 1.75. The lowest BCUT2D eigenvalue weighted by Gasteiger charge is -2.45. The highest BCUT2D eigenvalue weighted by Crippen LogP contribution is 2.42. The molecule has 4 aromatic rings. The molecule has 1 aliphatic heterocycles. The highest BCUT2D eigenvalue weighted by atomic mass is 15.2. The van der Waals surface area contributed by atoms with Crippen molar-refractivity contribution in [3.8, 4) is 0 Å². The fraction of sp³-hybridized carbons (Fsp3) is 0.0769. The summed E-state index contributed by atoms with van der Waals surface area (Å²) in [5.74, 6) is 0.